The molecular weight excluding hydrogens is 260 g/mol. The number of aromatic nitrogens is 1. The molecule has 1 heterocycles. The van der Waals surface area contributed by atoms with E-state index >= 15 is 0 Å². The molecule has 5 heteroatoms. The van der Waals surface area contributed by atoms with Crippen LogP contribution in [0.3, 0.4) is 0 Å². The van der Waals surface area contributed by atoms with E-state index in [1.54, 1.807) is 23.5 Å². The molecule has 19 heavy (non-hydrogen) atoms. The van der Waals surface area contributed by atoms with Crippen molar-refractivity contribution in [1.82, 2.24) is 9.88 Å². The number of benzene rings is 1. The maximum absolute atomic E-state index is 11.3. The Hall–Kier alpha value is -1.72. The average Bonchev–Trinajstić information content (AvgIpc) is 2.91. The Kier molecular flexibility index (Phi) is 4.65. The molecule has 4 nitrogen and oxygen atoms in total. The van der Waals surface area contributed by atoms with Gasteiger partial charge in [-0.25, -0.2) is 9.78 Å². The van der Waals surface area contributed by atoms with Gasteiger partial charge in [-0.05, 0) is 24.7 Å². The van der Waals surface area contributed by atoms with E-state index in [9.17, 15) is 4.79 Å². The van der Waals surface area contributed by atoms with Gasteiger partial charge in [0, 0.05) is 18.5 Å². The van der Waals surface area contributed by atoms with Gasteiger partial charge in [0.25, 0.3) is 0 Å². The molecule has 0 saturated carbocycles. The smallest absolute Gasteiger partial charge is 0.337 e. The fraction of sp³-hybridized carbons (Fsp3) is 0.286. The Morgan fingerprint density at radius 3 is 2.63 bits per heavy atom. The van der Waals surface area contributed by atoms with Gasteiger partial charge in [0.1, 0.15) is 0 Å². The molecule has 2 rings (SSSR count). The number of methoxy groups -OCH3 is 1. The van der Waals surface area contributed by atoms with E-state index in [4.69, 9.17) is 0 Å². The van der Waals surface area contributed by atoms with Crippen LogP contribution in [0.15, 0.2) is 35.2 Å². The predicted octanol–water partition coefficient (Wildman–Crippen LogP) is 2.56. The van der Waals surface area contributed by atoms with E-state index in [0.29, 0.717) is 5.56 Å². The highest BCUT2D eigenvalue weighted by atomic mass is 32.1. The molecule has 0 bridgehead atoms. The van der Waals surface area contributed by atoms with E-state index < -0.39 is 0 Å². The highest BCUT2D eigenvalue weighted by Crippen LogP contribution is 2.10. The third kappa shape index (κ3) is 3.87. The molecule has 0 aliphatic carbocycles. The van der Waals surface area contributed by atoms with Gasteiger partial charge in [-0.15, -0.1) is 11.3 Å². The standard InChI is InChI=1S/C14H16N2O2S/c1-16(8-13-9-19-10-15-13)7-11-3-5-12(6-4-11)14(17)18-2/h3-6,9-10H,7-8H2,1-2H3. The second-order valence-electron chi connectivity index (χ2n) is 4.34. The van der Waals surface area contributed by atoms with Crippen molar-refractivity contribution in [2.45, 2.75) is 13.1 Å². The normalized spacial score (nSPS) is 10.7. The summed E-state index contributed by atoms with van der Waals surface area (Å²) in [5.74, 6) is -0.303. The number of rotatable bonds is 5. The summed E-state index contributed by atoms with van der Waals surface area (Å²) in [5.41, 5.74) is 4.66. The summed E-state index contributed by atoms with van der Waals surface area (Å²) in [7, 11) is 3.44. The molecule has 0 fully saturated rings. The zero-order valence-corrected chi connectivity index (χ0v) is 11.8. The van der Waals surface area contributed by atoms with Gasteiger partial charge < -0.3 is 4.74 Å². The van der Waals surface area contributed by atoms with Crippen LogP contribution in [0.25, 0.3) is 0 Å². The first-order valence-corrected chi connectivity index (χ1v) is 6.86. The summed E-state index contributed by atoms with van der Waals surface area (Å²) in [6, 6.07) is 7.48. The molecule has 1 aromatic heterocycles. The zero-order valence-electron chi connectivity index (χ0n) is 11.0. The number of carbonyl (C=O) groups is 1. The summed E-state index contributed by atoms with van der Waals surface area (Å²) in [6.45, 7) is 1.64. The highest BCUT2D eigenvalue weighted by molar-refractivity contribution is 7.07. The number of carbonyl (C=O) groups excluding carboxylic acids is 1. The lowest BCUT2D eigenvalue weighted by Crippen LogP contribution is -2.17. The van der Waals surface area contributed by atoms with Crippen LogP contribution in [-0.2, 0) is 17.8 Å². The van der Waals surface area contributed by atoms with Crippen LogP contribution in [0.1, 0.15) is 21.6 Å². The number of thiazole rings is 1. The third-order valence-electron chi connectivity index (χ3n) is 2.74. The first-order valence-electron chi connectivity index (χ1n) is 5.92. The molecule has 2 aromatic rings. The topological polar surface area (TPSA) is 42.4 Å². The van der Waals surface area contributed by atoms with Crippen molar-refractivity contribution in [2.75, 3.05) is 14.2 Å². The van der Waals surface area contributed by atoms with Crippen LogP contribution in [-0.4, -0.2) is 30.0 Å². The summed E-state index contributed by atoms with van der Waals surface area (Å²) in [5, 5.41) is 2.05. The summed E-state index contributed by atoms with van der Waals surface area (Å²) < 4.78 is 4.67. The van der Waals surface area contributed by atoms with Gasteiger partial charge in [0.2, 0.25) is 0 Å². The van der Waals surface area contributed by atoms with E-state index in [1.807, 2.05) is 24.7 Å². The third-order valence-corrected chi connectivity index (χ3v) is 3.38. The number of hydrogen-bond donors (Lipinski definition) is 0. The van der Waals surface area contributed by atoms with Gasteiger partial charge in [0.15, 0.2) is 0 Å². The van der Waals surface area contributed by atoms with E-state index in [1.165, 1.54) is 7.11 Å². The SMILES string of the molecule is COC(=O)c1ccc(CN(C)Cc2cscn2)cc1. The molecule has 0 radical (unpaired) electrons. The second-order valence-corrected chi connectivity index (χ2v) is 5.06. The van der Waals surface area contributed by atoms with Gasteiger partial charge >= 0.3 is 5.97 Å². The molecule has 0 aliphatic heterocycles. The van der Waals surface area contributed by atoms with Crippen molar-refractivity contribution in [3.05, 3.63) is 52.0 Å². The number of nitrogens with zero attached hydrogens (tertiary/aromatic N) is 2. The molecule has 0 aliphatic rings. The first-order chi connectivity index (χ1) is 9.19. The lowest BCUT2D eigenvalue weighted by Gasteiger charge is -2.15. The van der Waals surface area contributed by atoms with Crippen LogP contribution in [0.4, 0.5) is 0 Å². The summed E-state index contributed by atoms with van der Waals surface area (Å²) >= 11 is 1.61. The molecule has 0 spiro atoms. The first kappa shape index (κ1) is 13.7. The van der Waals surface area contributed by atoms with Gasteiger partial charge in [0.05, 0.1) is 23.9 Å². The minimum atomic E-state index is -0.303. The Bertz CT molecular complexity index is 523. The zero-order chi connectivity index (χ0) is 13.7. The maximum atomic E-state index is 11.3. The molecule has 0 amide bonds. The van der Waals surface area contributed by atoms with E-state index in [2.05, 4.69) is 20.0 Å². The number of hydrogen-bond acceptors (Lipinski definition) is 5. The van der Waals surface area contributed by atoms with Crippen molar-refractivity contribution < 1.29 is 9.53 Å². The van der Waals surface area contributed by atoms with Crippen molar-refractivity contribution in [3.63, 3.8) is 0 Å². The lowest BCUT2D eigenvalue weighted by molar-refractivity contribution is 0.0600. The number of ether oxygens (including phenoxy) is 1. The summed E-state index contributed by atoms with van der Waals surface area (Å²) in [4.78, 5) is 17.8. The highest BCUT2D eigenvalue weighted by Gasteiger charge is 2.06. The Morgan fingerprint density at radius 1 is 1.32 bits per heavy atom. The largest absolute Gasteiger partial charge is 0.465 e. The van der Waals surface area contributed by atoms with Crippen molar-refractivity contribution >= 4 is 17.3 Å². The maximum Gasteiger partial charge on any atom is 0.337 e. The molecule has 0 N–H and O–H groups in total. The minimum absolute atomic E-state index is 0.303. The van der Waals surface area contributed by atoms with E-state index in [0.717, 1.165) is 24.3 Å². The van der Waals surface area contributed by atoms with Gasteiger partial charge in [-0.1, -0.05) is 12.1 Å². The minimum Gasteiger partial charge on any atom is -0.465 e. The average molecular weight is 276 g/mol. The number of esters is 1. The Balaban J connectivity index is 1.93. The molecular formula is C14H16N2O2S. The van der Waals surface area contributed by atoms with Crippen LogP contribution in [0.5, 0.6) is 0 Å². The quantitative estimate of drug-likeness (QED) is 0.787. The van der Waals surface area contributed by atoms with Crippen molar-refractivity contribution in [2.24, 2.45) is 0 Å². The van der Waals surface area contributed by atoms with E-state index in [-0.39, 0.29) is 5.97 Å². The van der Waals surface area contributed by atoms with Gasteiger partial charge in [-0.2, -0.15) is 0 Å². The molecule has 1 aromatic carbocycles. The lowest BCUT2D eigenvalue weighted by atomic mass is 10.1. The van der Waals surface area contributed by atoms with Gasteiger partial charge in [-0.3, -0.25) is 4.90 Å². The van der Waals surface area contributed by atoms with Crippen molar-refractivity contribution in [3.8, 4) is 0 Å². The second kappa shape index (κ2) is 6.45. The monoisotopic (exact) mass is 276 g/mol. The predicted molar refractivity (Wildman–Crippen MR) is 75.1 cm³/mol. The Labute approximate surface area is 116 Å². The van der Waals surface area contributed by atoms with Crippen LogP contribution in [0, 0.1) is 0 Å². The molecule has 0 saturated heterocycles. The fourth-order valence-electron chi connectivity index (χ4n) is 1.82. The molecule has 0 atom stereocenters. The van der Waals surface area contributed by atoms with Crippen LogP contribution >= 0.6 is 11.3 Å². The van der Waals surface area contributed by atoms with Crippen LogP contribution < -0.4 is 0 Å². The molecule has 0 unspecified atom stereocenters. The summed E-state index contributed by atoms with van der Waals surface area (Å²) in [6.07, 6.45) is 0. The van der Waals surface area contributed by atoms with Crippen LogP contribution in [0.2, 0.25) is 0 Å². The van der Waals surface area contributed by atoms with Crippen molar-refractivity contribution in [1.29, 1.82) is 0 Å². The Morgan fingerprint density at radius 2 is 2.05 bits per heavy atom. The fourth-order valence-corrected chi connectivity index (χ4v) is 2.37. The molecule has 100 valence electrons.